The topological polar surface area (TPSA) is 81.8 Å². The number of benzene rings is 1. The minimum absolute atomic E-state index is 0.804. The number of hydrogen-bond acceptors (Lipinski definition) is 6. The predicted octanol–water partition coefficient (Wildman–Crippen LogP) is 2.51. The van der Waals surface area contributed by atoms with E-state index in [0.717, 1.165) is 72.2 Å². The van der Waals surface area contributed by atoms with Crippen molar-refractivity contribution in [2.24, 2.45) is 0 Å². The third kappa shape index (κ3) is 3.28. The smallest absolute Gasteiger partial charge is 0.227 e. The number of hydrogen-bond donors (Lipinski definition) is 3. The third-order valence-corrected chi connectivity index (χ3v) is 4.70. The minimum atomic E-state index is 0.804. The SMILES string of the molecule is Cc1nc(N2CCCNCC2)nc(Nc2ccc3[nH]ncc3c2)c1C. The van der Waals surface area contributed by atoms with E-state index in [9.17, 15) is 0 Å². The van der Waals surface area contributed by atoms with Gasteiger partial charge < -0.3 is 15.5 Å². The Balaban J connectivity index is 1.65. The summed E-state index contributed by atoms with van der Waals surface area (Å²) in [6.45, 7) is 8.04. The first-order valence-electron chi connectivity index (χ1n) is 8.72. The first-order chi connectivity index (χ1) is 12.2. The fraction of sp³-hybridized carbons (Fsp3) is 0.389. The second-order valence-corrected chi connectivity index (χ2v) is 6.47. The van der Waals surface area contributed by atoms with Gasteiger partial charge in [-0.3, -0.25) is 5.10 Å². The van der Waals surface area contributed by atoms with Crippen LogP contribution in [0.5, 0.6) is 0 Å². The molecular formula is C18H23N7. The normalized spacial score (nSPS) is 15.4. The van der Waals surface area contributed by atoms with Gasteiger partial charge in [0.1, 0.15) is 5.82 Å². The molecule has 0 saturated carbocycles. The average molecular weight is 337 g/mol. The number of aromatic amines is 1. The number of aromatic nitrogens is 4. The predicted molar refractivity (Wildman–Crippen MR) is 101 cm³/mol. The molecule has 3 aromatic rings. The quantitative estimate of drug-likeness (QED) is 0.681. The number of nitrogens with one attached hydrogen (secondary N) is 3. The molecule has 0 amide bonds. The van der Waals surface area contributed by atoms with Gasteiger partial charge in [-0.1, -0.05) is 0 Å². The number of rotatable bonds is 3. The number of H-pyrrole nitrogens is 1. The first-order valence-corrected chi connectivity index (χ1v) is 8.72. The van der Waals surface area contributed by atoms with E-state index in [-0.39, 0.29) is 0 Å². The lowest BCUT2D eigenvalue weighted by atomic mass is 10.2. The van der Waals surface area contributed by atoms with E-state index in [0.29, 0.717) is 0 Å². The highest BCUT2D eigenvalue weighted by Crippen LogP contribution is 2.25. The molecule has 1 aromatic carbocycles. The molecule has 0 bridgehead atoms. The van der Waals surface area contributed by atoms with Crippen LogP contribution in [-0.2, 0) is 0 Å². The molecule has 0 aliphatic carbocycles. The maximum Gasteiger partial charge on any atom is 0.227 e. The van der Waals surface area contributed by atoms with Gasteiger partial charge in [-0.2, -0.15) is 10.1 Å². The lowest BCUT2D eigenvalue weighted by Gasteiger charge is -2.22. The largest absolute Gasteiger partial charge is 0.340 e. The van der Waals surface area contributed by atoms with E-state index < -0.39 is 0 Å². The monoisotopic (exact) mass is 337 g/mol. The summed E-state index contributed by atoms with van der Waals surface area (Å²) >= 11 is 0. The van der Waals surface area contributed by atoms with Gasteiger partial charge in [0.05, 0.1) is 11.7 Å². The van der Waals surface area contributed by atoms with E-state index in [4.69, 9.17) is 9.97 Å². The van der Waals surface area contributed by atoms with Crippen LogP contribution < -0.4 is 15.5 Å². The number of nitrogens with zero attached hydrogens (tertiary/aromatic N) is 4. The maximum atomic E-state index is 4.81. The van der Waals surface area contributed by atoms with Crippen molar-refractivity contribution in [3.8, 4) is 0 Å². The van der Waals surface area contributed by atoms with Crippen LogP contribution in [0.3, 0.4) is 0 Å². The zero-order valence-corrected chi connectivity index (χ0v) is 14.6. The van der Waals surface area contributed by atoms with Crippen LogP contribution in [0.25, 0.3) is 10.9 Å². The molecule has 0 atom stereocenters. The molecule has 1 fully saturated rings. The van der Waals surface area contributed by atoms with Gasteiger partial charge in [-0.15, -0.1) is 0 Å². The van der Waals surface area contributed by atoms with E-state index in [1.165, 1.54) is 0 Å². The molecule has 0 unspecified atom stereocenters. The molecule has 25 heavy (non-hydrogen) atoms. The Morgan fingerprint density at radius 2 is 2.04 bits per heavy atom. The summed E-state index contributed by atoms with van der Waals surface area (Å²) < 4.78 is 0. The first kappa shape index (κ1) is 15.8. The van der Waals surface area contributed by atoms with Crippen LogP contribution in [0.1, 0.15) is 17.7 Å². The Bertz CT molecular complexity index is 878. The van der Waals surface area contributed by atoms with Crippen molar-refractivity contribution < 1.29 is 0 Å². The standard InChI is InChI=1S/C18H23N7/c1-12-13(2)21-18(25-8-3-6-19-7-9-25)23-17(12)22-15-4-5-16-14(10-15)11-20-24-16/h4-5,10-11,19H,3,6-9H2,1-2H3,(H,20,24)(H,21,22,23). The molecule has 3 heterocycles. The van der Waals surface area contributed by atoms with Crippen molar-refractivity contribution in [1.29, 1.82) is 0 Å². The lowest BCUT2D eigenvalue weighted by Crippen LogP contribution is -2.30. The summed E-state index contributed by atoms with van der Waals surface area (Å²) in [5.74, 6) is 1.67. The fourth-order valence-corrected chi connectivity index (χ4v) is 3.08. The van der Waals surface area contributed by atoms with Crippen molar-refractivity contribution in [1.82, 2.24) is 25.5 Å². The Labute approximate surface area is 146 Å². The van der Waals surface area contributed by atoms with Crippen molar-refractivity contribution >= 4 is 28.4 Å². The van der Waals surface area contributed by atoms with E-state index in [2.05, 4.69) is 38.7 Å². The lowest BCUT2D eigenvalue weighted by molar-refractivity contribution is 0.724. The van der Waals surface area contributed by atoms with Gasteiger partial charge in [0.2, 0.25) is 5.95 Å². The van der Waals surface area contributed by atoms with Crippen molar-refractivity contribution in [2.45, 2.75) is 20.3 Å². The molecule has 1 aliphatic heterocycles. The van der Waals surface area contributed by atoms with Crippen LogP contribution in [0, 0.1) is 13.8 Å². The van der Waals surface area contributed by atoms with Crippen molar-refractivity contribution in [2.75, 3.05) is 36.4 Å². The van der Waals surface area contributed by atoms with Crippen LogP contribution >= 0.6 is 0 Å². The van der Waals surface area contributed by atoms with Gasteiger partial charge in [0.25, 0.3) is 0 Å². The highest BCUT2D eigenvalue weighted by molar-refractivity contribution is 5.82. The Morgan fingerprint density at radius 3 is 2.96 bits per heavy atom. The number of aryl methyl sites for hydroxylation is 1. The summed E-state index contributed by atoms with van der Waals surface area (Å²) in [4.78, 5) is 11.8. The second-order valence-electron chi connectivity index (χ2n) is 6.47. The highest BCUT2D eigenvalue weighted by Gasteiger charge is 2.16. The summed E-state index contributed by atoms with van der Waals surface area (Å²) in [5.41, 5.74) is 4.11. The van der Waals surface area contributed by atoms with Gasteiger partial charge >= 0.3 is 0 Å². The molecule has 1 aliphatic rings. The Morgan fingerprint density at radius 1 is 1.12 bits per heavy atom. The maximum absolute atomic E-state index is 4.81. The Kier molecular flexibility index (Phi) is 4.23. The second kappa shape index (κ2) is 6.68. The molecule has 7 heteroatoms. The molecule has 4 rings (SSSR count). The van der Waals surface area contributed by atoms with E-state index in [1.54, 1.807) is 0 Å². The van der Waals surface area contributed by atoms with E-state index >= 15 is 0 Å². The summed E-state index contributed by atoms with van der Waals surface area (Å²) in [6, 6.07) is 6.13. The zero-order valence-electron chi connectivity index (χ0n) is 14.6. The average Bonchev–Trinajstić information content (AvgIpc) is 2.90. The molecule has 1 saturated heterocycles. The van der Waals surface area contributed by atoms with Crippen LogP contribution in [0.2, 0.25) is 0 Å². The van der Waals surface area contributed by atoms with Crippen molar-refractivity contribution in [3.05, 3.63) is 35.7 Å². The molecule has 3 N–H and O–H groups in total. The summed E-state index contributed by atoms with van der Waals surface area (Å²) in [6.07, 6.45) is 2.93. The summed E-state index contributed by atoms with van der Waals surface area (Å²) in [5, 5.41) is 15.0. The number of anilines is 3. The van der Waals surface area contributed by atoms with Crippen LogP contribution in [-0.4, -0.2) is 46.3 Å². The summed E-state index contributed by atoms with van der Waals surface area (Å²) in [7, 11) is 0. The molecule has 7 nitrogen and oxygen atoms in total. The minimum Gasteiger partial charge on any atom is -0.340 e. The van der Waals surface area contributed by atoms with Gasteiger partial charge in [-0.25, -0.2) is 4.98 Å². The third-order valence-electron chi connectivity index (χ3n) is 4.70. The van der Waals surface area contributed by atoms with Crippen LogP contribution in [0.4, 0.5) is 17.5 Å². The van der Waals surface area contributed by atoms with Crippen molar-refractivity contribution in [3.63, 3.8) is 0 Å². The molecular weight excluding hydrogens is 314 g/mol. The molecule has 0 spiro atoms. The van der Waals surface area contributed by atoms with Gasteiger partial charge in [0.15, 0.2) is 0 Å². The zero-order chi connectivity index (χ0) is 17.2. The molecule has 0 radical (unpaired) electrons. The molecule has 130 valence electrons. The molecule has 2 aromatic heterocycles. The van der Waals surface area contributed by atoms with E-state index in [1.807, 2.05) is 25.3 Å². The van der Waals surface area contributed by atoms with Crippen LogP contribution in [0.15, 0.2) is 24.4 Å². The fourth-order valence-electron chi connectivity index (χ4n) is 3.08. The Hall–Kier alpha value is -2.67. The highest BCUT2D eigenvalue weighted by atomic mass is 15.3. The van der Waals surface area contributed by atoms with Gasteiger partial charge in [0, 0.05) is 42.0 Å². The number of fused-ring (bicyclic) bond motifs is 1. The van der Waals surface area contributed by atoms with Gasteiger partial charge in [-0.05, 0) is 45.0 Å².